The zero-order valence-corrected chi connectivity index (χ0v) is 12.3. The molecule has 1 aliphatic carbocycles. The van der Waals surface area contributed by atoms with Crippen molar-refractivity contribution in [1.29, 1.82) is 0 Å². The molecule has 110 valence electrons. The number of aliphatic carboxylic acids is 1. The summed E-state index contributed by atoms with van der Waals surface area (Å²) in [5.74, 6) is -1.08. The average Bonchev–Trinajstić information content (AvgIpc) is 2.91. The lowest BCUT2D eigenvalue weighted by Gasteiger charge is -2.19. The summed E-state index contributed by atoms with van der Waals surface area (Å²) in [6.07, 6.45) is 6.36. The first-order valence-electron chi connectivity index (χ1n) is 7.14. The molecule has 3 nitrogen and oxygen atoms in total. The van der Waals surface area contributed by atoms with Crippen molar-refractivity contribution in [3.63, 3.8) is 0 Å². The summed E-state index contributed by atoms with van der Waals surface area (Å²) in [7, 11) is 1.74. The van der Waals surface area contributed by atoms with Gasteiger partial charge in [0, 0.05) is 12.7 Å². The number of anilines is 1. The minimum Gasteiger partial charge on any atom is -0.548 e. The van der Waals surface area contributed by atoms with Gasteiger partial charge in [-0.3, -0.25) is 0 Å². The summed E-state index contributed by atoms with van der Waals surface area (Å²) in [6, 6.07) is 16.1. The van der Waals surface area contributed by atoms with E-state index in [2.05, 4.69) is 30.4 Å². The number of allylic oxidation sites excluding steroid dienone is 2. The predicted molar refractivity (Wildman–Crippen MR) is 88.1 cm³/mol. The van der Waals surface area contributed by atoms with E-state index in [4.69, 9.17) is 0 Å². The highest BCUT2D eigenvalue weighted by Gasteiger charge is 2.09. The molecule has 2 aromatic rings. The third-order valence-corrected chi connectivity index (χ3v) is 3.74. The van der Waals surface area contributed by atoms with Crippen LogP contribution < -0.4 is 10.0 Å². The molecule has 0 unspecified atom stereocenters. The molecule has 0 fully saturated rings. The molecule has 3 rings (SSSR count). The first-order chi connectivity index (χ1) is 10.6. The largest absolute Gasteiger partial charge is 0.548 e. The fourth-order valence-corrected chi connectivity index (χ4v) is 2.59. The quantitative estimate of drug-likeness (QED) is 0.868. The molecule has 0 spiro atoms. The van der Waals surface area contributed by atoms with E-state index in [9.17, 15) is 9.90 Å². The van der Waals surface area contributed by atoms with E-state index in [0.29, 0.717) is 0 Å². The highest BCUT2D eigenvalue weighted by Crippen LogP contribution is 2.30. The van der Waals surface area contributed by atoms with Crippen LogP contribution >= 0.6 is 0 Å². The van der Waals surface area contributed by atoms with Gasteiger partial charge in [-0.1, -0.05) is 48.6 Å². The van der Waals surface area contributed by atoms with E-state index in [1.807, 2.05) is 36.4 Å². The summed E-state index contributed by atoms with van der Waals surface area (Å²) in [5.41, 5.74) is 5.60. The van der Waals surface area contributed by atoms with Crippen molar-refractivity contribution in [3.05, 3.63) is 71.3 Å². The van der Waals surface area contributed by atoms with Crippen LogP contribution in [-0.4, -0.2) is 19.6 Å². The number of nitrogens with zero attached hydrogens (tertiary/aromatic N) is 1. The van der Waals surface area contributed by atoms with Crippen molar-refractivity contribution >= 4 is 29.4 Å². The molecule has 0 saturated heterocycles. The molecule has 1 aliphatic rings. The van der Waals surface area contributed by atoms with Crippen molar-refractivity contribution in [2.24, 2.45) is 0 Å². The number of hydrogen-bond acceptors (Lipinski definition) is 3. The molecule has 0 heterocycles. The second kappa shape index (κ2) is 5.90. The van der Waals surface area contributed by atoms with E-state index in [1.54, 1.807) is 11.9 Å². The average molecular weight is 290 g/mol. The lowest BCUT2D eigenvalue weighted by Crippen LogP contribution is -2.35. The lowest BCUT2D eigenvalue weighted by molar-refractivity contribution is -0.303. The van der Waals surface area contributed by atoms with Gasteiger partial charge in [0.15, 0.2) is 0 Å². The number of rotatable bonds is 4. The molecule has 0 saturated carbocycles. The van der Waals surface area contributed by atoms with Gasteiger partial charge in [0.1, 0.15) is 0 Å². The Morgan fingerprint density at radius 1 is 1.09 bits per heavy atom. The number of likely N-dealkylation sites (N-methyl/N-ethyl adjacent to an activating group) is 1. The molecule has 0 N–H and O–H groups in total. The summed E-state index contributed by atoms with van der Waals surface area (Å²) < 4.78 is 0. The highest BCUT2D eigenvalue weighted by molar-refractivity contribution is 5.97. The Kier molecular flexibility index (Phi) is 3.79. The van der Waals surface area contributed by atoms with Gasteiger partial charge in [0.05, 0.1) is 12.5 Å². The van der Waals surface area contributed by atoms with Gasteiger partial charge in [0.2, 0.25) is 0 Å². The van der Waals surface area contributed by atoms with Gasteiger partial charge in [-0.2, -0.15) is 0 Å². The minimum absolute atomic E-state index is 0.115. The molecule has 0 aliphatic heterocycles. The highest BCUT2D eigenvalue weighted by atomic mass is 16.4. The molecule has 0 bridgehead atoms. The first kappa shape index (κ1) is 14.1. The SMILES string of the molecule is CN(CC(=O)[O-])c1ccc(/C=C2\C=Cc3ccccc32)cc1. The van der Waals surface area contributed by atoms with Crippen molar-refractivity contribution in [3.8, 4) is 0 Å². The van der Waals surface area contributed by atoms with Gasteiger partial charge in [-0.05, 0) is 40.5 Å². The second-order valence-electron chi connectivity index (χ2n) is 5.34. The third-order valence-electron chi connectivity index (χ3n) is 3.74. The van der Waals surface area contributed by atoms with Gasteiger partial charge < -0.3 is 14.8 Å². The van der Waals surface area contributed by atoms with E-state index in [1.165, 1.54) is 16.7 Å². The lowest BCUT2D eigenvalue weighted by atomic mass is 10.0. The van der Waals surface area contributed by atoms with Crippen LogP contribution in [0.2, 0.25) is 0 Å². The normalized spacial score (nSPS) is 14.1. The Morgan fingerprint density at radius 3 is 2.55 bits per heavy atom. The van der Waals surface area contributed by atoms with Crippen LogP contribution in [0.25, 0.3) is 17.7 Å². The number of carboxylic acids is 1. The maximum Gasteiger partial charge on any atom is 0.0608 e. The van der Waals surface area contributed by atoms with Crippen molar-refractivity contribution in [2.75, 3.05) is 18.5 Å². The molecule has 0 atom stereocenters. The third kappa shape index (κ3) is 2.93. The van der Waals surface area contributed by atoms with Crippen LogP contribution in [0.15, 0.2) is 54.6 Å². The predicted octanol–water partition coefficient (Wildman–Crippen LogP) is 2.44. The van der Waals surface area contributed by atoms with E-state index < -0.39 is 5.97 Å². The van der Waals surface area contributed by atoms with Crippen LogP contribution in [0.3, 0.4) is 0 Å². The molecular weight excluding hydrogens is 274 g/mol. The molecular formula is C19H16NO2-. The monoisotopic (exact) mass is 290 g/mol. The van der Waals surface area contributed by atoms with Gasteiger partial charge >= 0.3 is 0 Å². The van der Waals surface area contributed by atoms with Gasteiger partial charge in [-0.25, -0.2) is 0 Å². The Balaban J connectivity index is 1.82. The number of hydrogen-bond donors (Lipinski definition) is 0. The van der Waals surface area contributed by atoms with E-state index in [-0.39, 0.29) is 6.54 Å². The Morgan fingerprint density at radius 2 is 1.82 bits per heavy atom. The molecule has 0 aromatic heterocycles. The van der Waals surface area contributed by atoms with Crippen molar-refractivity contribution < 1.29 is 9.90 Å². The zero-order chi connectivity index (χ0) is 15.5. The van der Waals surface area contributed by atoms with Crippen molar-refractivity contribution in [1.82, 2.24) is 0 Å². The number of carboxylic acid groups (broad SMARTS) is 1. The maximum absolute atomic E-state index is 10.6. The molecule has 0 radical (unpaired) electrons. The minimum atomic E-state index is -1.08. The summed E-state index contributed by atoms with van der Waals surface area (Å²) in [4.78, 5) is 12.3. The first-order valence-corrected chi connectivity index (χ1v) is 7.14. The maximum atomic E-state index is 10.6. The Labute approximate surface area is 129 Å². The summed E-state index contributed by atoms with van der Waals surface area (Å²) in [6.45, 7) is -0.115. The Hall–Kier alpha value is -2.81. The Bertz CT molecular complexity index is 757. The number of carbonyl (C=O) groups excluding carboxylic acids is 1. The molecule has 0 amide bonds. The summed E-state index contributed by atoms with van der Waals surface area (Å²) >= 11 is 0. The van der Waals surface area contributed by atoms with Crippen LogP contribution in [0.4, 0.5) is 5.69 Å². The fourth-order valence-electron chi connectivity index (χ4n) is 2.59. The second-order valence-corrected chi connectivity index (χ2v) is 5.34. The summed E-state index contributed by atoms with van der Waals surface area (Å²) in [5, 5.41) is 10.6. The number of fused-ring (bicyclic) bond motifs is 1. The van der Waals surface area contributed by atoms with E-state index in [0.717, 1.165) is 11.3 Å². The van der Waals surface area contributed by atoms with Gasteiger partial charge in [-0.15, -0.1) is 0 Å². The van der Waals surface area contributed by atoms with E-state index >= 15 is 0 Å². The van der Waals surface area contributed by atoms with Crippen LogP contribution in [0, 0.1) is 0 Å². The molecule has 22 heavy (non-hydrogen) atoms. The zero-order valence-electron chi connectivity index (χ0n) is 12.3. The standard InChI is InChI=1S/C19H17NO2/c1-20(13-19(21)22)17-10-6-14(7-11-17)12-16-9-8-15-4-2-3-5-18(15)16/h2-12H,13H2,1H3,(H,21,22)/p-1/b16-12+. The number of benzene rings is 2. The molecule has 3 heteroatoms. The van der Waals surface area contributed by atoms with Crippen LogP contribution in [0.1, 0.15) is 16.7 Å². The topological polar surface area (TPSA) is 43.4 Å². The smallest absolute Gasteiger partial charge is 0.0608 e. The van der Waals surface area contributed by atoms with Crippen LogP contribution in [0.5, 0.6) is 0 Å². The van der Waals surface area contributed by atoms with Crippen molar-refractivity contribution in [2.45, 2.75) is 0 Å². The number of carbonyl (C=O) groups is 1. The fraction of sp³-hybridized carbons (Fsp3) is 0.105. The van der Waals surface area contributed by atoms with Gasteiger partial charge in [0.25, 0.3) is 0 Å². The molecule has 2 aromatic carbocycles. The van der Waals surface area contributed by atoms with Crippen LogP contribution in [-0.2, 0) is 4.79 Å².